The summed E-state index contributed by atoms with van der Waals surface area (Å²) in [5.41, 5.74) is 2.21. The third-order valence-corrected chi connectivity index (χ3v) is 4.07. The number of benzene rings is 3. The maximum Gasteiger partial charge on any atom is 0.247 e. The molecule has 1 heterocycles. The summed E-state index contributed by atoms with van der Waals surface area (Å²) < 4.78 is 32.4. The van der Waals surface area contributed by atoms with Gasteiger partial charge in [-0.05, 0) is 54.1 Å². The zero-order chi connectivity index (χ0) is 18.6. The van der Waals surface area contributed by atoms with Crippen LogP contribution in [0.2, 0.25) is 0 Å². The molecule has 4 nitrogen and oxygen atoms in total. The minimum absolute atomic E-state index is 0.324. The standard InChI is InChI=1S/C21H15F2N3O/c22-16-8-6-14(7-9-16)19(24-18-12-10-17(23)11-13-18)21-26-25-20(27-21)15-4-2-1-3-5-15/h1-13,19,24H/t19-/m1/s1. The van der Waals surface area contributed by atoms with E-state index >= 15 is 0 Å². The molecule has 0 unspecified atom stereocenters. The molecule has 1 atom stereocenters. The third kappa shape index (κ3) is 3.84. The van der Waals surface area contributed by atoms with Gasteiger partial charge in [-0.25, -0.2) is 8.78 Å². The van der Waals surface area contributed by atoms with Crippen LogP contribution in [0.1, 0.15) is 17.5 Å². The molecule has 0 bridgehead atoms. The topological polar surface area (TPSA) is 51.0 Å². The Kier molecular flexibility index (Phi) is 4.61. The first-order chi connectivity index (χ1) is 13.2. The first-order valence-corrected chi connectivity index (χ1v) is 8.35. The van der Waals surface area contributed by atoms with E-state index in [1.54, 1.807) is 24.3 Å². The molecular formula is C21H15F2N3O. The molecule has 0 radical (unpaired) electrons. The van der Waals surface area contributed by atoms with Gasteiger partial charge >= 0.3 is 0 Å². The Morgan fingerprint density at radius 1 is 0.741 bits per heavy atom. The number of aromatic nitrogens is 2. The summed E-state index contributed by atoms with van der Waals surface area (Å²) in [5.74, 6) is 0.0428. The lowest BCUT2D eigenvalue weighted by Crippen LogP contribution is -2.13. The Morgan fingerprint density at radius 2 is 1.37 bits per heavy atom. The van der Waals surface area contributed by atoms with Crippen molar-refractivity contribution in [1.29, 1.82) is 0 Å². The molecule has 0 aliphatic heterocycles. The Balaban J connectivity index is 1.70. The van der Waals surface area contributed by atoms with E-state index in [0.29, 0.717) is 17.5 Å². The summed E-state index contributed by atoms with van der Waals surface area (Å²) in [5, 5.41) is 11.5. The van der Waals surface area contributed by atoms with Gasteiger partial charge in [0, 0.05) is 11.3 Å². The summed E-state index contributed by atoms with van der Waals surface area (Å²) in [7, 11) is 0. The molecule has 0 saturated carbocycles. The van der Waals surface area contributed by atoms with Gasteiger partial charge in [0.05, 0.1) is 0 Å². The highest BCUT2D eigenvalue weighted by atomic mass is 19.1. The number of hydrogen-bond acceptors (Lipinski definition) is 4. The van der Waals surface area contributed by atoms with Gasteiger partial charge in [-0.15, -0.1) is 10.2 Å². The van der Waals surface area contributed by atoms with Crippen molar-refractivity contribution in [2.24, 2.45) is 0 Å². The molecule has 0 amide bonds. The van der Waals surface area contributed by atoms with Crippen molar-refractivity contribution in [2.75, 3.05) is 5.32 Å². The van der Waals surface area contributed by atoms with Crippen molar-refractivity contribution in [2.45, 2.75) is 6.04 Å². The summed E-state index contributed by atoms with van der Waals surface area (Å²) in [6.07, 6.45) is 0. The van der Waals surface area contributed by atoms with E-state index in [2.05, 4.69) is 15.5 Å². The number of anilines is 1. The van der Waals surface area contributed by atoms with Crippen LogP contribution in [0.4, 0.5) is 14.5 Å². The third-order valence-electron chi connectivity index (χ3n) is 4.07. The fraction of sp³-hybridized carbons (Fsp3) is 0.0476. The number of nitrogens with zero attached hydrogens (tertiary/aromatic N) is 2. The van der Waals surface area contributed by atoms with Crippen LogP contribution in [0.15, 0.2) is 83.3 Å². The maximum absolute atomic E-state index is 13.3. The zero-order valence-electron chi connectivity index (χ0n) is 14.1. The Morgan fingerprint density at radius 3 is 2.04 bits per heavy atom. The average Bonchev–Trinajstić information content (AvgIpc) is 3.19. The number of nitrogens with one attached hydrogen (secondary N) is 1. The lowest BCUT2D eigenvalue weighted by atomic mass is 10.1. The monoisotopic (exact) mass is 363 g/mol. The van der Waals surface area contributed by atoms with Crippen molar-refractivity contribution in [3.63, 3.8) is 0 Å². The highest BCUT2D eigenvalue weighted by Crippen LogP contribution is 2.28. The van der Waals surface area contributed by atoms with Gasteiger partial charge < -0.3 is 9.73 Å². The fourth-order valence-electron chi connectivity index (χ4n) is 2.70. The zero-order valence-corrected chi connectivity index (χ0v) is 14.1. The molecule has 0 spiro atoms. The first kappa shape index (κ1) is 16.9. The number of halogens is 2. The van der Waals surface area contributed by atoms with Crippen molar-refractivity contribution in [3.05, 3.63) is 102 Å². The second kappa shape index (κ2) is 7.37. The summed E-state index contributed by atoms with van der Waals surface area (Å²) >= 11 is 0. The van der Waals surface area contributed by atoms with E-state index in [4.69, 9.17) is 4.42 Å². The molecular weight excluding hydrogens is 348 g/mol. The molecule has 0 aliphatic carbocycles. The summed E-state index contributed by atoms with van der Waals surface area (Å²) in [4.78, 5) is 0. The van der Waals surface area contributed by atoms with E-state index in [1.807, 2.05) is 30.3 Å². The molecule has 1 N–H and O–H groups in total. The molecule has 4 rings (SSSR count). The summed E-state index contributed by atoms with van der Waals surface area (Å²) in [6, 6.07) is 20.8. The fourth-order valence-corrected chi connectivity index (χ4v) is 2.70. The van der Waals surface area contributed by atoms with Crippen LogP contribution >= 0.6 is 0 Å². The van der Waals surface area contributed by atoms with Gasteiger partial charge in [-0.1, -0.05) is 30.3 Å². The van der Waals surface area contributed by atoms with E-state index in [0.717, 1.165) is 11.1 Å². The molecule has 0 fully saturated rings. The molecule has 0 saturated heterocycles. The van der Waals surface area contributed by atoms with Crippen molar-refractivity contribution in [3.8, 4) is 11.5 Å². The first-order valence-electron chi connectivity index (χ1n) is 8.35. The van der Waals surface area contributed by atoms with E-state index in [1.165, 1.54) is 24.3 Å². The van der Waals surface area contributed by atoms with Crippen LogP contribution in [0.25, 0.3) is 11.5 Å². The van der Waals surface area contributed by atoms with E-state index < -0.39 is 6.04 Å². The van der Waals surface area contributed by atoms with Crippen LogP contribution in [0, 0.1) is 11.6 Å². The van der Waals surface area contributed by atoms with Crippen molar-refractivity contribution >= 4 is 5.69 Å². The van der Waals surface area contributed by atoms with E-state index in [9.17, 15) is 8.78 Å². The quantitative estimate of drug-likeness (QED) is 0.528. The number of hydrogen-bond donors (Lipinski definition) is 1. The van der Waals surface area contributed by atoms with Gasteiger partial charge in [0.15, 0.2) is 0 Å². The van der Waals surface area contributed by atoms with Crippen LogP contribution in [0.5, 0.6) is 0 Å². The average molecular weight is 363 g/mol. The highest BCUT2D eigenvalue weighted by Gasteiger charge is 2.21. The Bertz CT molecular complexity index is 1020. The van der Waals surface area contributed by atoms with Crippen LogP contribution in [-0.2, 0) is 0 Å². The molecule has 27 heavy (non-hydrogen) atoms. The van der Waals surface area contributed by atoms with Gasteiger partial charge in [0.2, 0.25) is 11.8 Å². The molecule has 3 aromatic carbocycles. The second-order valence-electron chi connectivity index (χ2n) is 5.95. The summed E-state index contributed by atoms with van der Waals surface area (Å²) in [6.45, 7) is 0. The van der Waals surface area contributed by atoms with E-state index in [-0.39, 0.29) is 11.6 Å². The van der Waals surface area contributed by atoms with Gasteiger partial charge in [0.1, 0.15) is 17.7 Å². The van der Waals surface area contributed by atoms with Crippen LogP contribution in [0.3, 0.4) is 0 Å². The predicted molar refractivity (Wildman–Crippen MR) is 98.0 cm³/mol. The van der Waals surface area contributed by atoms with Gasteiger partial charge in [0.25, 0.3) is 0 Å². The number of rotatable bonds is 5. The van der Waals surface area contributed by atoms with Crippen molar-refractivity contribution < 1.29 is 13.2 Å². The molecule has 4 aromatic rings. The van der Waals surface area contributed by atoms with Crippen LogP contribution < -0.4 is 5.32 Å². The molecule has 1 aromatic heterocycles. The minimum Gasteiger partial charge on any atom is -0.418 e. The predicted octanol–water partition coefficient (Wildman–Crippen LogP) is 5.22. The SMILES string of the molecule is Fc1ccc(N[C@H](c2ccc(F)cc2)c2nnc(-c3ccccc3)o2)cc1. The van der Waals surface area contributed by atoms with Gasteiger partial charge in [-0.3, -0.25) is 0 Å². The van der Waals surface area contributed by atoms with Crippen molar-refractivity contribution in [1.82, 2.24) is 10.2 Å². The molecule has 6 heteroatoms. The lowest BCUT2D eigenvalue weighted by Gasteiger charge is -2.17. The highest BCUT2D eigenvalue weighted by molar-refractivity contribution is 5.52. The van der Waals surface area contributed by atoms with Crippen LogP contribution in [-0.4, -0.2) is 10.2 Å². The molecule has 0 aliphatic rings. The smallest absolute Gasteiger partial charge is 0.247 e. The normalized spacial score (nSPS) is 11.9. The second-order valence-corrected chi connectivity index (χ2v) is 5.95. The molecule has 134 valence electrons. The maximum atomic E-state index is 13.3. The largest absolute Gasteiger partial charge is 0.418 e. The Labute approximate surface area is 154 Å². The Hall–Kier alpha value is -3.54. The van der Waals surface area contributed by atoms with Gasteiger partial charge in [-0.2, -0.15) is 0 Å². The lowest BCUT2D eigenvalue weighted by molar-refractivity contribution is 0.493. The minimum atomic E-state index is -0.513.